The summed E-state index contributed by atoms with van der Waals surface area (Å²) in [5.74, 6) is 0.982. The van der Waals surface area contributed by atoms with Gasteiger partial charge in [0.25, 0.3) is 0 Å². The summed E-state index contributed by atoms with van der Waals surface area (Å²) >= 11 is 1.37. The molecule has 0 spiro atoms. The van der Waals surface area contributed by atoms with Gasteiger partial charge in [0.1, 0.15) is 5.82 Å². The van der Waals surface area contributed by atoms with Crippen LogP contribution in [0, 0.1) is 13.8 Å². The molecule has 8 heteroatoms. The minimum absolute atomic E-state index is 0.0818. The first-order chi connectivity index (χ1) is 15.9. The van der Waals surface area contributed by atoms with Gasteiger partial charge in [-0.25, -0.2) is 0 Å². The van der Waals surface area contributed by atoms with E-state index in [1.165, 1.54) is 17.3 Å². The number of rotatable bonds is 9. The minimum atomic E-state index is -0.413. The van der Waals surface area contributed by atoms with E-state index in [0.717, 1.165) is 40.6 Å². The highest BCUT2D eigenvalue weighted by molar-refractivity contribution is 8.00. The first-order valence-corrected chi connectivity index (χ1v) is 12.1. The molecule has 0 aliphatic heterocycles. The fourth-order valence-corrected chi connectivity index (χ4v) is 4.54. The molecule has 7 nitrogen and oxygen atoms in total. The normalized spacial score (nSPS) is 14.0. The topological polar surface area (TPSA) is 88.9 Å². The summed E-state index contributed by atoms with van der Waals surface area (Å²) in [7, 11) is 0. The minimum Gasteiger partial charge on any atom is -0.346 e. The van der Waals surface area contributed by atoms with Crippen molar-refractivity contribution in [3.8, 4) is 0 Å². The number of anilines is 1. The quantitative estimate of drug-likeness (QED) is 0.467. The van der Waals surface area contributed by atoms with Crippen LogP contribution in [0.4, 0.5) is 5.69 Å². The number of hydrogen-bond acceptors (Lipinski definition) is 5. The zero-order valence-electron chi connectivity index (χ0n) is 19.2. The molecule has 0 bridgehead atoms. The Morgan fingerprint density at radius 1 is 1.06 bits per heavy atom. The van der Waals surface area contributed by atoms with E-state index in [1.54, 1.807) is 0 Å². The molecule has 1 atom stereocenters. The summed E-state index contributed by atoms with van der Waals surface area (Å²) in [6.45, 7) is 6.31. The number of para-hydroxylation sites is 1. The molecule has 2 N–H and O–H groups in total. The van der Waals surface area contributed by atoms with E-state index in [-0.39, 0.29) is 18.4 Å². The van der Waals surface area contributed by atoms with Gasteiger partial charge in [0.15, 0.2) is 5.16 Å². The van der Waals surface area contributed by atoms with Crippen molar-refractivity contribution in [2.45, 2.75) is 56.5 Å². The van der Waals surface area contributed by atoms with E-state index in [1.807, 2.05) is 57.2 Å². The molecule has 1 aliphatic carbocycles. The van der Waals surface area contributed by atoms with Crippen molar-refractivity contribution in [2.75, 3.05) is 11.9 Å². The molecule has 1 aliphatic rings. The van der Waals surface area contributed by atoms with Crippen LogP contribution >= 0.6 is 11.8 Å². The van der Waals surface area contributed by atoms with Gasteiger partial charge in [-0.2, -0.15) is 0 Å². The number of aryl methyl sites for hydroxylation is 2. The fourth-order valence-electron chi connectivity index (χ4n) is 3.66. The summed E-state index contributed by atoms with van der Waals surface area (Å²) < 4.78 is 2.12. The Hall–Kier alpha value is -3.13. The molecule has 0 saturated heterocycles. The first kappa shape index (κ1) is 23.0. The van der Waals surface area contributed by atoms with Crippen molar-refractivity contribution in [1.82, 2.24) is 20.1 Å². The largest absolute Gasteiger partial charge is 0.346 e. The molecule has 1 heterocycles. The van der Waals surface area contributed by atoms with E-state index in [2.05, 4.69) is 37.5 Å². The average molecular weight is 464 g/mol. The van der Waals surface area contributed by atoms with Crippen molar-refractivity contribution in [2.24, 2.45) is 0 Å². The highest BCUT2D eigenvalue weighted by atomic mass is 32.2. The summed E-state index contributed by atoms with van der Waals surface area (Å²) in [4.78, 5) is 25.1. The predicted molar refractivity (Wildman–Crippen MR) is 130 cm³/mol. The molecule has 1 aromatic heterocycles. The second-order valence-corrected chi connectivity index (χ2v) is 9.79. The highest BCUT2D eigenvalue weighted by Crippen LogP contribution is 2.40. The second kappa shape index (κ2) is 10.2. The van der Waals surface area contributed by atoms with E-state index < -0.39 is 5.25 Å². The monoisotopic (exact) mass is 463 g/mol. The van der Waals surface area contributed by atoms with Crippen LogP contribution in [0.25, 0.3) is 0 Å². The number of carbonyl (C=O) groups excluding carboxylic acids is 2. The Kier molecular flexibility index (Phi) is 7.13. The van der Waals surface area contributed by atoms with Gasteiger partial charge in [-0.15, -0.1) is 10.2 Å². The lowest BCUT2D eigenvalue weighted by Crippen LogP contribution is -2.37. The van der Waals surface area contributed by atoms with E-state index in [9.17, 15) is 9.59 Å². The maximum Gasteiger partial charge on any atom is 0.243 e. The smallest absolute Gasteiger partial charge is 0.243 e. The van der Waals surface area contributed by atoms with Gasteiger partial charge >= 0.3 is 0 Å². The van der Waals surface area contributed by atoms with Crippen LogP contribution in [0.5, 0.6) is 0 Å². The molecule has 3 aromatic rings. The summed E-state index contributed by atoms with van der Waals surface area (Å²) in [6, 6.07) is 16.0. The molecule has 1 unspecified atom stereocenters. The molecular weight excluding hydrogens is 434 g/mol. The number of hydrogen-bond donors (Lipinski definition) is 2. The number of benzene rings is 2. The van der Waals surface area contributed by atoms with Crippen molar-refractivity contribution < 1.29 is 9.59 Å². The second-order valence-electron chi connectivity index (χ2n) is 8.48. The Balaban J connectivity index is 1.36. The van der Waals surface area contributed by atoms with Gasteiger partial charge < -0.3 is 15.2 Å². The predicted octanol–water partition coefficient (Wildman–Crippen LogP) is 4.06. The number of carbonyl (C=O) groups is 2. The molecular formula is C25H29N5O2S. The average Bonchev–Trinajstić information content (AvgIpc) is 3.58. The number of amides is 2. The molecule has 4 rings (SSSR count). The Morgan fingerprint density at radius 3 is 2.42 bits per heavy atom. The summed E-state index contributed by atoms with van der Waals surface area (Å²) in [5.41, 5.74) is 3.94. The van der Waals surface area contributed by atoms with Crippen LogP contribution in [-0.2, 0) is 16.1 Å². The van der Waals surface area contributed by atoms with Gasteiger partial charge in [-0.3, -0.25) is 9.59 Å². The molecule has 0 radical (unpaired) electrons. The lowest BCUT2D eigenvalue weighted by Gasteiger charge is -2.15. The fraction of sp³-hybridized carbons (Fsp3) is 0.360. The zero-order chi connectivity index (χ0) is 23.4. The van der Waals surface area contributed by atoms with Gasteiger partial charge in [0, 0.05) is 11.6 Å². The molecule has 172 valence electrons. The van der Waals surface area contributed by atoms with E-state index >= 15 is 0 Å². The van der Waals surface area contributed by atoms with Crippen molar-refractivity contribution in [1.29, 1.82) is 0 Å². The van der Waals surface area contributed by atoms with Crippen LogP contribution in [0.2, 0.25) is 0 Å². The van der Waals surface area contributed by atoms with Gasteiger partial charge in [0.2, 0.25) is 11.8 Å². The van der Waals surface area contributed by atoms with Crippen LogP contribution in [0.3, 0.4) is 0 Å². The van der Waals surface area contributed by atoms with Crippen LogP contribution in [0.15, 0.2) is 53.7 Å². The highest BCUT2D eigenvalue weighted by Gasteiger charge is 2.31. The maximum absolute atomic E-state index is 12.7. The lowest BCUT2D eigenvalue weighted by atomic mass is 10.1. The summed E-state index contributed by atoms with van der Waals surface area (Å²) in [5, 5.41) is 14.8. The molecule has 33 heavy (non-hydrogen) atoms. The van der Waals surface area contributed by atoms with Gasteiger partial charge in [0.05, 0.1) is 18.3 Å². The molecule has 2 amide bonds. The Labute approximate surface area is 198 Å². The van der Waals surface area contributed by atoms with Crippen LogP contribution < -0.4 is 10.6 Å². The number of thioether (sulfide) groups is 1. The SMILES string of the molecule is Cc1cccc(C)c1NC(=O)CNC(=O)C(C)Sc1nnc(C2CC2)n1Cc1ccccc1. The zero-order valence-corrected chi connectivity index (χ0v) is 20.0. The molecule has 1 saturated carbocycles. The van der Waals surface area contributed by atoms with E-state index in [0.29, 0.717) is 12.5 Å². The van der Waals surface area contributed by atoms with Crippen molar-refractivity contribution in [3.05, 3.63) is 71.0 Å². The van der Waals surface area contributed by atoms with Gasteiger partial charge in [-0.1, -0.05) is 60.3 Å². The van der Waals surface area contributed by atoms with Crippen molar-refractivity contribution >= 4 is 29.3 Å². The van der Waals surface area contributed by atoms with Crippen LogP contribution in [0.1, 0.15) is 48.2 Å². The maximum atomic E-state index is 12.7. The number of aromatic nitrogens is 3. The standard InChI is InChI=1S/C25H29N5O2S/c1-16-8-7-9-17(2)22(16)27-21(31)14-26-24(32)18(3)33-25-29-28-23(20-12-13-20)30(25)15-19-10-5-4-6-11-19/h4-11,18,20H,12-15H2,1-3H3,(H,26,32)(H,27,31). The third-order valence-electron chi connectivity index (χ3n) is 5.69. The third kappa shape index (κ3) is 5.82. The van der Waals surface area contributed by atoms with E-state index in [4.69, 9.17) is 0 Å². The third-order valence-corrected chi connectivity index (χ3v) is 6.77. The number of nitrogens with one attached hydrogen (secondary N) is 2. The number of nitrogens with zero attached hydrogens (tertiary/aromatic N) is 3. The Bertz CT molecular complexity index is 1120. The first-order valence-electron chi connectivity index (χ1n) is 11.2. The molecule has 2 aromatic carbocycles. The van der Waals surface area contributed by atoms with Crippen molar-refractivity contribution in [3.63, 3.8) is 0 Å². The Morgan fingerprint density at radius 2 is 1.76 bits per heavy atom. The van der Waals surface area contributed by atoms with Gasteiger partial charge in [-0.05, 0) is 50.3 Å². The lowest BCUT2D eigenvalue weighted by molar-refractivity contribution is -0.123. The van der Waals surface area contributed by atoms with Crippen LogP contribution in [-0.4, -0.2) is 38.4 Å². The molecule has 1 fully saturated rings. The summed E-state index contributed by atoms with van der Waals surface area (Å²) in [6.07, 6.45) is 2.26.